The van der Waals surface area contributed by atoms with Gasteiger partial charge in [0.15, 0.2) is 0 Å². The van der Waals surface area contributed by atoms with Crippen molar-refractivity contribution in [1.29, 1.82) is 0 Å². The van der Waals surface area contributed by atoms with E-state index < -0.39 is 5.25 Å². The second-order valence-electron chi connectivity index (χ2n) is 6.51. The summed E-state index contributed by atoms with van der Waals surface area (Å²) in [6.45, 7) is 1.83. The lowest BCUT2D eigenvalue weighted by atomic mass is 10.0. The quantitative estimate of drug-likeness (QED) is 0.426. The lowest BCUT2D eigenvalue weighted by molar-refractivity contribution is -0.115. The molecule has 0 saturated heterocycles. The molecule has 0 spiro atoms. The van der Waals surface area contributed by atoms with E-state index in [1.807, 2.05) is 73.7 Å². The van der Waals surface area contributed by atoms with Gasteiger partial charge in [0.2, 0.25) is 11.1 Å². The van der Waals surface area contributed by atoms with Crippen LogP contribution >= 0.6 is 23.4 Å². The van der Waals surface area contributed by atoms with Crippen molar-refractivity contribution in [1.82, 2.24) is 20.2 Å². The summed E-state index contributed by atoms with van der Waals surface area (Å²) in [5.74, 6) is -0.131. The van der Waals surface area contributed by atoms with E-state index in [4.69, 9.17) is 11.6 Å². The van der Waals surface area contributed by atoms with Gasteiger partial charge in [-0.15, -0.1) is 5.10 Å². The van der Waals surface area contributed by atoms with Crippen LogP contribution in [0.1, 0.15) is 6.92 Å². The zero-order valence-electron chi connectivity index (χ0n) is 16.1. The molecule has 0 aliphatic rings. The van der Waals surface area contributed by atoms with Gasteiger partial charge < -0.3 is 5.32 Å². The Morgan fingerprint density at radius 1 is 1.00 bits per heavy atom. The van der Waals surface area contributed by atoms with Crippen molar-refractivity contribution in [2.75, 3.05) is 5.32 Å². The smallest absolute Gasteiger partial charge is 0.237 e. The van der Waals surface area contributed by atoms with Crippen LogP contribution in [-0.2, 0) is 4.79 Å². The molecule has 4 aromatic rings. The molecule has 4 rings (SSSR count). The van der Waals surface area contributed by atoms with Crippen LogP contribution in [0.4, 0.5) is 5.69 Å². The minimum Gasteiger partial charge on any atom is -0.325 e. The summed E-state index contributed by atoms with van der Waals surface area (Å²) < 4.78 is 1.59. The molecule has 1 atom stereocenters. The van der Waals surface area contributed by atoms with Crippen LogP contribution in [0.2, 0.25) is 5.02 Å². The first kappa shape index (κ1) is 20.1. The van der Waals surface area contributed by atoms with Gasteiger partial charge in [-0.2, -0.15) is 4.68 Å². The predicted octanol–water partition coefficient (Wildman–Crippen LogP) is 5.10. The Kier molecular flexibility index (Phi) is 6.11. The first-order valence-corrected chi connectivity index (χ1v) is 10.5. The molecule has 6 nitrogen and oxygen atoms in total. The van der Waals surface area contributed by atoms with E-state index in [1.165, 1.54) is 11.8 Å². The van der Waals surface area contributed by atoms with Gasteiger partial charge in [0.1, 0.15) is 0 Å². The fourth-order valence-electron chi connectivity index (χ4n) is 2.90. The first-order chi connectivity index (χ1) is 14.6. The molecule has 1 heterocycles. The van der Waals surface area contributed by atoms with Gasteiger partial charge in [-0.25, -0.2) is 0 Å². The Bertz CT molecular complexity index is 1150. The van der Waals surface area contributed by atoms with Gasteiger partial charge in [0, 0.05) is 16.3 Å². The van der Waals surface area contributed by atoms with Crippen molar-refractivity contribution < 1.29 is 4.79 Å². The maximum Gasteiger partial charge on any atom is 0.237 e. The van der Waals surface area contributed by atoms with Crippen molar-refractivity contribution in [2.24, 2.45) is 0 Å². The lowest BCUT2D eigenvalue weighted by Gasteiger charge is -2.14. The van der Waals surface area contributed by atoms with Crippen LogP contribution in [0.3, 0.4) is 0 Å². The van der Waals surface area contributed by atoms with E-state index in [1.54, 1.807) is 16.8 Å². The molecule has 0 aliphatic heterocycles. The Labute approximate surface area is 183 Å². The normalized spacial score (nSPS) is 11.8. The molecule has 0 bridgehead atoms. The van der Waals surface area contributed by atoms with Crippen LogP contribution in [0.15, 0.2) is 84.0 Å². The highest BCUT2D eigenvalue weighted by Crippen LogP contribution is 2.29. The summed E-state index contributed by atoms with van der Waals surface area (Å²) in [6, 6.07) is 24.9. The molecule has 1 aromatic heterocycles. The fourth-order valence-corrected chi connectivity index (χ4v) is 3.84. The topological polar surface area (TPSA) is 72.7 Å². The van der Waals surface area contributed by atoms with E-state index >= 15 is 0 Å². The van der Waals surface area contributed by atoms with Crippen LogP contribution < -0.4 is 5.32 Å². The highest BCUT2D eigenvalue weighted by Gasteiger charge is 2.20. The number of nitrogens with zero attached hydrogens (tertiary/aromatic N) is 4. The van der Waals surface area contributed by atoms with Crippen LogP contribution in [0.5, 0.6) is 0 Å². The molecule has 150 valence electrons. The number of hydrogen-bond donors (Lipinski definition) is 1. The van der Waals surface area contributed by atoms with Crippen LogP contribution in [-0.4, -0.2) is 31.4 Å². The fraction of sp³-hybridized carbons (Fsp3) is 0.0909. The average molecular weight is 436 g/mol. The lowest BCUT2D eigenvalue weighted by Crippen LogP contribution is -2.23. The van der Waals surface area contributed by atoms with Crippen LogP contribution in [0.25, 0.3) is 16.8 Å². The second-order valence-corrected chi connectivity index (χ2v) is 8.26. The van der Waals surface area contributed by atoms with Gasteiger partial charge in [0.05, 0.1) is 10.9 Å². The molecular weight excluding hydrogens is 418 g/mol. The summed E-state index contributed by atoms with van der Waals surface area (Å²) in [5, 5.41) is 15.6. The summed E-state index contributed by atoms with van der Waals surface area (Å²) in [6.07, 6.45) is 0. The molecule has 0 fully saturated rings. The van der Waals surface area contributed by atoms with Crippen molar-refractivity contribution in [2.45, 2.75) is 17.3 Å². The Morgan fingerprint density at radius 2 is 1.70 bits per heavy atom. The van der Waals surface area contributed by atoms with Crippen molar-refractivity contribution >= 4 is 35.0 Å². The van der Waals surface area contributed by atoms with Crippen LogP contribution in [0, 0.1) is 0 Å². The molecule has 0 radical (unpaired) electrons. The molecule has 1 N–H and O–H groups in total. The number of tetrazole rings is 1. The van der Waals surface area contributed by atoms with E-state index in [0.717, 1.165) is 22.5 Å². The third kappa shape index (κ3) is 4.53. The second kappa shape index (κ2) is 9.11. The number of hydrogen-bond acceptors (Lipinski definition) is 5. The monoisotopic (exact) mass is 435 g/mol. The van der Waals surface area contributed by atoms with Crippen molar-refractivity contribution in [3.8, 4) is 16.8 Å². The van der Waals surface area contributed by atoms with E-state index in [-0.39, 0.29) is 5.91 Å². The summed E-state index contributed by atoms with van der Waals surface area (Å²) >= 11 is 7.24. The maximum absolute atomic E-state index is 12.9. The predicted molar refractivity (Wildman–Crippen MR) is 120 cm³/mol. The zero-order valence-corrected chi connectivity index (χ0v) is 17.6. The average Bonchev–Trinajstić information content (AvgIpc) is 3.23. The number of carbonyl (C=O) groups excluding carboxylic acids is 1. The summed E-state index contributed by atoms with van der Waals surface area (Å²) in [7, 11) is 0. The third-order valence-electron chi connectivity index (χ3n) is 4.43. The number of rotatable bonds is 6. The SMILES string of the molecule is C[C@H](Sc1nnnn1-c1ccc(Cl)cc1)C(=O)Nc1ccccc1-c1ccccc1. The number of nitrogens with one attached hydrogen (secondary N) is 1. The molecule has 3 aromatic carbocycles. The molecular formula is C22H18ClN5OS. The number of amides is 1. The van der Waals surface area contributed by atoms with E-state index in [9.17, 15) is 4.79 Å². The third-order valence-corrected chi connectivity index (χ3v) is 5.72. The molecule has 0 unspecified atom stereocenters. The Hall–Kier alpha value is -3.16. The van der Waals surface area contributed by atoms with Gasteiger partial charge in [-0.3, -0.25) is 4.79 Å². The Balaban J connectivity index is 1.50. The van der Waals surface area contributed by atoms with E-state index in [0.29, 0.717) is 10.2 Å². The molecule has 0 saturated carbocycles. The van der Waals surface area contributed by atoms with Gasteiger partial charge in [0.25, 0.3) is 0 Å². The highest BCUT2D eigenvalue weighted by molar-refractivity contribution is 8.00. The maximum atomic E-state index is 12.9. The summed E-state index contributed by atoms with van der Waals surface area (Å²) in [4.78, 5) is 12.9. The van der Waals surface area contributed by atoms with Crippen molar-refractivity contribution in [3.63, 3.8) is 0 Å². The highest BCUT2D eigenvalue weighted by atomic mass is 35.5. The number of para-hydroxylation sites is 1. The Morgan fingerprint density at radius 3 is 2.47 bits per heavy atom. The van der Waals surface area contributed by atoms with E-state index in [2.05, 4.69) is 20.8 Å². The molecule has 1 amide bonds. The summed E-state index contributed by atoms with van der Waals surface area (Å²) in [5.41, 5.74) is 3.54. The number of thioether (sulfide) groups is 1. The number of benzene rings is 3. The minimum atomic E-state index is -0.411. The number of aromatic nitrogens is 4. The molecule has 30 heavy (non-hydrogen) atoms. The largest absolute Gasteiger partial charge is 0.325 e. The van der Waals surface area contributed by atoms with Gasteiger partial charge in [-0.1, -0.05) is 71.9 Å². The van der Waals surface area contributed by atoms with Crippen molar-refractivity contribution in [3.05, 3.63) is 83.9 Å². The first-order valence-electron chi connectivity index (χ1n) is 9.28. The van der Waals surface area contributed by atoms with Gasteiger partial charge >= 0.3 is 0 Å². The molecule has 8 heteroatoms. The minimum absolute atomic E-state index is 0.131. The molecule has 0 aliphatic carbocycles. The number of carbonyl (C=O) groups is 1. The number of halogens is 1. The zero-order chi connectivity index (χ0) is 20.9. The number of anilines is 1. The standard InChI is InChI=1S/C22H18ClN5OS/c1-15(30-22-25-26-27-28(22)18-13-11-17(23)12-14-18)21(29)24-20-10-6-5-9-19(20)16-7-3-2-4-8-16/h2-15H,1H3,(H,24,29)/t15-/m0/s1. The van der Waals surface area contributed by atoms with Gasteiger partial charge in [-0.05, 0) is 53.2 Å².